The molecule has 0 saturated carbocycles. The highest BCUT2D eigenvalue weighted by atomic mass is 16.1. The van der Waals surface area contributed by atoms with Crippen LogP contribution >= 0.6 is 0 Å². The Hall–Kier alpha value is -2.63. The van der Waals surface area contributed by atoms with Gasteiger partial charge < -0.3 is 10.6 Å². The second-order valence-corrected chi connectivity index (χ2v) is 5.43. The molecule has 6 nitrogen and oxygen atoms in total. The van der Waals surface area contributed by atoms with E-state index in [-0.39, 0.29) is 11.5 Å². The molecule has 22 heavy (non-hydrogen) atoms. The summed E-state index contributed by atoms with van der Waals surface area (Å²) in [4.78, 5) is 30.5. The predicted octanol–water partition coefficient (Wildman–Crippen LogP) is 2.35. The van der Waals surface area contributed by atoms with Crippen LogP contribution in [0.2, 0.25) is 0 Å². The van der Waals surface area contributed by atoms with Gasteiger partial charge in [-0.2, -0.15) is 0 Å². The van der Waals surface area contributed by atoms with Gasteiger partial charge in [0, 0.05) is 23.9 Å². The van der Waals surface area contributed by atoms with Gasteiger partial charge in [-0.3, -0.25) is 14.6 Å². The molecule has 0 spiro atoms. The fourth-order valence-electron chi connectivity index (χ4n) is 2.68. The number of aromatic nitrogens is 2. The van der Waals surface area contributed by atoms with E-state index in [1.807, 2.05) is 12.1 Å². The van der Waals surface area contributed by atoms with Crippen LogP contribution in [-0.2, 0) is 17.6 Å². The second-order valence-electron chi connectivity index (χ2n) is 5.43. The van der Waals surface area contributed by atoms with Gasteiger partial charge in [-0.15, -0.1) is 0 Å². The molecule has 1 aromatic heterocycles. The minimum absolute atomic E-state index is 0.0646. The SMILES string of the molecule is CC(=O)Nc1cccc(Nc2nc3c(c(=O)[nH]2)CCCC3)c1. The lowest BCUT2D eigenvalue weighted by Crippen LogP contribution is -2.22. The van der Waals surface area contributed by atoms with E-state index < -0.39 is 0 Å². The summed E-state index contributed by atoms with van der Waals surface area (Å²) in [6.45, 7) is 1.46. The maximum Gasteiger partial charge on any atom is 0.255 e. The molecule has 0 unspecified atom stereocenters. The molecule has 0 aliphatic heterocycles. The second kappa shape index (κ2) is 6.01. The van der Waals surface area contributed by atoms with Crippen LogP contribution in [0.1, 0.15) is 31.0 Å². The number of fused-ring (bicyclic) bond motifs is 1. The minimum atomic E-state index is -0.127. The number of carbonyl (C=O) groups excluding carboxylic acids is 1. The molecule has 1 amide bonds. The van der Waals surface area contributed by atoms with Crippen molar-refractivity contribution >= 4 is 23.2 Å². The summed E-state index contributed by atoms with van der Waals surface area (Å²) in [7, 11) is 0. The normalized spacial score (nSPS) is 13.3. The number of hydrogen-bond acceptors (Lipinski definition) is 4. The first-order valence-electron chi connectivity index (χ1n) is 7.38. The fraction of sp³-hybridized carbons (Fsp3) is 0.312. The van der Waals surface area contributed by atoms with Crippen molar-refractivity contribution < 1.29 is 4.79 Å². The highest BCUT2D eigenvalue weighted by molar-refractivity contribution is 5.89. The monoisotopic (exact) mass is 298 g/mol. The average molecular weight is 298 g/mol. The summed E-state index contributed by atoms with van der Waals surface area (Å²) in [5, 5.41) is 5.81. The summed E-state index contributed by atoms with van der Waals surface area (Å²) in [6.07, 6.45) is 3.76. The van der Waals surface area contributed by atoms with Gasteiger partial charge in [-0.05, 0) is 43.9 Å². The Kier molecular flexibility index (Phi) is 3.91. The molecule has 6 heteroatoms. The first-order chi connectivity index (χ1) is 10.6. The molecule has 0 radical (unpaired) electrons. The van der Waals surface area contributed by atoms with Gasteiger partial charge in [-0.1, -0.05) is 6.07 Å². The molecule has 114 valence electrons. The third-order valence-electron chi connectivity index (χ3n) is 3.64. The molecule has 0 fully saturated rings. The minimum Gasteiger partial charge on any atom is -0.326 e. The van der Waals surface area contributed by atoms with Crippen LogP contribution in [0.15, 0.2) is 29.1 Å². The lowest BCUT2D eigenvalue weighted by Gasteiger charge is -2.15. The van der Waals surface area contributed by atoms with E-state index in [0.29, 0.717) is 11.6 Å². The van der Waals surface area contributed by atoms with Crippen molar-refractivity contribution in [3.63, 3.8) is 0 Å². The van der Waals surface area contributed by atoms with Crippen LogP contribution in [0.4, 0.5) is 17.3 Å². The van der Waals surface area contributed by atoms with Gasteiger partial charge in [0.05, 0.1) is 5.69 Å². The molecule has 2 aromatic rings. The number of aromatic amines is 1. The van der Waals surface area contributed by atoms with Gasteiger partial charge in [0.1, 0.15) is 0 Å². The summed E-state index contributed by atoms with van der Waals surface area (Å²) in [6, 6.07) is 7.27. The molecule has 0 atom stereocenters. The maximum absolute atomic E-state index is 12.1. The lowest BCUT2D eigenvalue weighted by molar-refractivity contribution is -0.114. The van der Waals surface area contributed by atoms with E-state index in [2.05, 4.69) is 20.6 Å². The smallest absolute Gasteiger partial charge is 0.255 e. The van der Waals surface area contributed by atoms with E-state index in [1.165, 1.54) is 6.92 Å². The zero-order chi connectivity index (χ0) is 15.5. The quantitative estimate of drug-likeness (QED) is 0.811. The number of carbonyl (C=O) groups is 1. The van der Waals surface area contributed by atoms with Gasteiger partial charge in [0.2, 0.25) is 11.9 Å². The summed E-state index contributed by atoms with van der Waals surface area (Å²) < 4.78 is 0. The maximum atomic E-state index is 12.1. The molecule has 3 rings (SSSR count). The van der Waals surface area contributed by atoms with E-state index in [0.717, 1.165) is 42.6 Å². The molecule has 0 bridgehead atoms. The molecular formula is C16H18N4O2. The van der Waals surface area contributed by atoms with Crippen molar-refractivity contribution in [2.24, 2.45) is 0 Å². The molecule has 3 N–H and O–H groups in total. The number of aryl methyl sites for hydroxylation is 1. The first-order valence-corrected chi connectivity index (χ1v) is 7.38. The van der Waals surface area contributed by atoms with Crippen LogP contribution in [0.25, 0.3) is 0 Å². The summed E-state index contributed by atoms with van der Waals surface area (Å²) in [5.41, 5.74) is 3.08. The van der Waals surface area contributed by atoms with Crippen molar-refractivity contribution in [2.75, 3.05) is 10.6 Å². The molecule has 0 saturated heterocycles. The highest BCUT2D eigenvalue weighted by Crippen LogP contribution is 2.20. The van der Waals surface area contributed by atoms with Crippen molar-refractivity contribution in [3.05, 3.63) is 45.9 Å². The Morgan fingerprint density at radius 2 is 2.00 bits per heavy atom. The van der Waals surface area contributed by atoms with Gasteiger partial charge in [-0.25, -0.2) is 4.98 Å². The zero-order valence-corrected chi connectivity index (χ0v) is 12.4. The predicted molar refractivity (Wildman–Crippen MR) is 85.5 cm³/mol. The highest BCUT2D eigenvalue weighted by Gasteiger charge is 2.15. The number of benzene rings is 1. The van der Waals surface area contributed by atoms with Crippen LogP contribution in [-0.4, -0.2) is 15.9 Å². The van der Waals surface area contributed by atoms with E-state index in [4.69, 9.17) is 0 Å². The summed E-state index contributed by atoms with van der Waals surface area (Å²) >= 11 is 0. The van der Waals surface area contributed by atoms with E-state index in [9.17, 15) is 9.59 Å². The lowest BCUT2D eigenvalue weighted by atomic mass is 9.97. The number of amides is 1. The van der Waals surface area contributed by atoms with Crippen molar-refractivity contribution in [1.29, 1.82) is 0 Å². The average Bonchev–Trinajstić information content (AvgIpc) is 2.47. The third kappa shape index (κ3) is 3.16. The molecule has 1 aliphatic rings. The zero-order valence-electron chi connectivity index (χ0n) is 12.4. The number of rotatable bonds is 3. The Labute approximate surface area is 128 Å². The van der Waals surface area contributed by atoms with Gasteiger partial charge in [0.25, 0.3) is 5.56 Å². The van der Waals surface area contributed by atoms with Crippen LogP contribution in [0.3, 0.4) is 0 Å². The Morgan fingerprint density at radius 1 is 1.23 bits per heavy atom. The number of nitrogens with zero attached hydrogens (tertiary/aromatic N) is 1. The standard InChI is InChI=1S/C16H18N4O2/c1-10(21)17-11-5-4-6-12(9-11)18-16-19-14-8-3-2-7-13(14)15(22)20-16/h4-6,9H,2-3,7-8H2,1H3,(H,17,21)(H2,18,19,20,22). The van der Waals surface area contributed by atoms with E-state index >= 15 is 0 Å². The Bertz CT molecular complexity index is 767. The molecule has 1 heterocycles. The molecule has 1 aromatic carbocycles. The van der Waals surface area contributed by atoms with Crippen molar-refractivity contribution in [3.8, 4) is 0 Å². The molecule has 1 aliphatic carbocycles. The largest absolute Gasteiger partial charge is 0.326 e. The van der Waals surface area contributed by atoms with Crippen molar-refractivity contribution in [2.45, 2.75) is 32.6 Å². The van der Waals surface area contributed by atoms with Crippen molar-refractivity contribution in [1.82, 2.24) is 9.97 Å². The van der Waals surface area contributed by atoms with E-state index in [1.54, 1.807) is 12.1 Å². The number of H-pyrrole nitrogens is 1. The van der Waals surface area contributed by atoms with Gasteiger partial charge >= 0.3 is 0 Å². The molecular weight excluding hydrogens is 280 g/mol. The first kappa shape index (κ1) is 14.3. The third-order valence-corrected chi connectivity index (χ3v) is 3.64. The number of nitrogens with one attached hydrogen (secondary N) is 3. The summed E-state index contributed by atoms with van der Waals surface area (Å²) in [5.74, 6) is 0.308. The van der Waals surface area contributed by atoms with Crippen LogP contribution < -0.4 is 16.2 Å². The number of anilines is 3. The Balaban J connectivity index is 1.85. The van der Waals surface area contributed by atoms with Gasteiger partial charge in [0.15, 0.2) is 0 Å². The van der Waals surface area contributed by atoms with Crippen LogP contribution in [0.5, 0.6) is 0 Å². The topological polar surface area (TPSA) is 86.9 Å². The number of hydrogen-bond donors (Lipinski definition) is 3. The van der Waals surface area contributed by atoms with Crippen LogP contribution in [0, 0.1) is 0 Å². The fourth-order valence-corrected chi connectivity index (χ4v) is 2.68. The Morgan fingerprint density at radius 3 is 2.82 bits per heavy atom.